The lowest BCUT2D eigenvalue weighted by Gasteiger charge is -2.17. The second-order valence-electron chi connectivity index (χ2n) is 4.86. The van der Waals surface area contributed by atoms with Crippen molar-refractivity contribution >= 4 is 28.4 Å². The van der Waals surface area contributed by atoms with E-state index in [2.05, 4.69) is 55.3 Å². The number of anilines is 1. The summed E-state index contributed by atoms with van der Waals surface area (Å²) in [6, 6.07) is 11.0. The zero-order chi connectivity index (χ0) is 13.7. The molecule has 0 spiro atoms. The first-order chi connectivity index (χ1) is 9.20. The molecule has 1 aromatic carbocycles. The van der Waals surface area contributed by atoms with Crippen LogP contribution in [0, 0.1) is 6.92 Å². The van der Waals surface area contributed by atoms with Crippen LogP contribution in [0.15, 0.2) is 30.3 Å². The van der Waals surface area contributed by atoms with Crippen LogP contribution < -0.4 is 5.32 Å². The summed E-state index contributed by atoms with van der Waals surface area (Å²) in [5.74, 6) is 2.41. The number of para-hydroxylation sites is 1. The van der Waals surface area contributed by atoms with Crippen molar-refractivity contribution in [1.82, 2.24) is 4.98 Å². The molecule has 0 aliphatic carbocycles. The van der Waals surface area contributed by atoms with Gasteiger partial charge in [-0.3, -0.25) is 4.98 Å². The molecule has 2 nitrogen and oxygen atoms in total. The molecule has 1 unspecified atom stereocenters. The van der Waals surface area contributed by atoms with Crippen molar-refractivity contribution in [2.75, 3.05) is 16.8 Å². The second-order valence-corrected chi connectivity index (χ2v) is 6.25. The Hall–Kier alpha value is -1.22. The number of aryl methyl sites for hydroxylation is 1. The van der Waals surface area contributed by atoms with E-state index in [4.69, 9.17) is 0 Å². The van der Waals surface area contributed by atoms with E-state index in [0.29, 0.717) is 6.04 Å². The number of pyridine rings is 1. The number of hydrogen-bond donors (Lipinski definition) is 1. The Morgan fingerprint density at radius 1 is 1.32 bits per heavy atom. The summed E-state index contributed by atoms with van der Waals surface area (Å²) >= 11 is 2.00. The number of hydrogen-bond acceptors (Lipinski definition) is 3. The fourth-order valence-corrected chi connectivity index (χ4v) is 2.98. The maximum absolute atomic E-state index is 4.57. The Balaban J connectivity index is 2.15. The molecule has 0 amide bonds. The highest BCUT2D eigenvalue weighted by molar-refractivity contribution is 7.99. The SMILES string of the molecule is CCSCCC(C)Nc1cc(C)nc2ccccc12. The lowest BCUT2D eigenvalue weighted by Crippen LogP contribution is -2.16. The van der Waals surface area contributed by atoms with Crippen molar-refractivity contribution in [3.8, 4) is 0 Å². The van der Waals surface area contributed by atoms with Crippen LogP contribution in [0.3, 0.4) is 0 Å². The minimum absolute atomic E-state index is 0.490. The zero-order valence-electron chi connectivity index (χ0n) is 11.9. The number of thioether (sulfide) groups is 1. The molecule has 1 heterocycles. The average molecular weight is 274 g/mol. The Morgan fingerprint density at radius 2 is 2.11 bits per heavy atom. The molecule has 0 saturated carbocycles. The highest BCUT2D eigenvalue weighted by atomic mass is 32.2. The molecule has 2 rings (SSSR count). The van der Waals surface area contributed by atoms with E-state index < -0.39 is 0 Å². The molecule has 3 heteroatoms. The van der Waals surface area contributed by atoms with E-state index in [9.17, 15) is 0 Å². The van der Waals surface area contributed by atoms with Crippen LogP contribution in [-0.2, 0) is 0 Å². The third kappa shape index (κ3) is 3.87. The van der Waals surface area contributed by atoms with Crippen LogP contribution in [0.2, 0.25) is 0 Å². The molecular weight excluding hydrogens is 252 g/mol. The fourth-order valence-electron chi connectivity index (χ4n) is 2.17. The lowest BCUT2D eigenvalue weighted by atomic mass is 10.1. The van der Waals surface area contributed by atoms with Crippen molar-refractivity contribution in [1.29, 1.82) is 0 Å². The molecule has 19 heavy (non-hydrogen) atoms. The van der Waals surface area contributed by atoms with Gasteiger partial charge in [0.15, 0.2) is 0 Å². The maximum atomic E-state index is 4.57. The Kier molecular flexibility index (Phi) is 5.08. The molecule has 0 aliphatic rings. The maximum Gasteiger partial charge on any atom is 0.0725 e. The van der Waals surface area contributed by atoms with Gasteiger partial charge in [0.25, 0.3) is 0 Å². The van der Waals surface area contributed by atoms with Gasteiger partial charge in [-0.1, -0.05) is 25.1 Å². The standard InChI is InChI=1S/C16H22N2S/c1-4-19-10-9-12(2)17-16-11-13(3)18-15-8-6-5-7-14(15)16/h5-8,11-12H,4,9-10H2,1-3H3,(H,17,18). The van der Waals surface area contributed by atoms with Gasteiger partial charge in [0, 0.05) is 22.8 Å². The Labute approximate surface area is 120 Å². The van der Waals surface area contributed by atoms with Gasteiger partial charge in [-0.15, -0.1) is 0 Å². The smallest absolute Gasteiger partial charge is 0.0725 e. The molecule has 0 saturated heterocycles. The average Bonchev–Trinajstić information content (AvgIpc) is 2.39. The summed E-state index contributed by atoms with van der Waals surface area (Å²) in [7, 11) is 0. The van der Waals surface area contributed by atoms with E-state index >= 15 is 0 Å². The van der Waals surface area contributed by atoms with Gasteiger partial charge in [0.2, 0.25) is 0 Å². The van der Waals surface area contributed by atoms with Crippen molar-refractivity contribution in [2.45, 2.75) is 33.2 Å². The first kappa shape index (κ1) is 14.2. The minimum Gasteiger partial charge on any atom is -0.382 e. The summed E-state index contributed by atoms with van der Waals surface area (Å²) in [5.41, 5.74) is 3.34. The number of benzene rings is 1. The second kappa shape index (κ2) is 6.80. The molecule has 1 N–H and O–H groups in total. The molecule has 1 aromatic heterocycles. The molecule has 0 aliphatic heterocycles. The topological polar surface area (TPSA) is 24.9 Å². The first-order valence-corrected chi connectivity index (χ1v) is 8.07. The Morgan fingerprint density at radius 3 is 2.89 bits per heavy atom. The van der Waals surface area contributed by atoms with Crippen LogP contribution in [-0.4, -0.2) is 22.5 Å². The third-order valence-corrected chi connectivity index (χ3v) is 4.08. The van der Waals surface area contributed by atoms with Crippen LogP contribution >= 0.6 is 11.8 Å². The summed E-state index contributed by atoms with van der Waals surface area (Å²) in [6.07, 6.45) is 1.19. The van der Waals surface area contributed by atoms with Crippen molar-refractivity contribution in [3.05, 3.63) is 36.0 Å². The fraction of sp³-hybridized carbons (Fsp3) is 0.438. The molecule has 0 radical (unpaired) electrons. The summed E-state index contributed by atoms with van der Waals surface area (Å²) in [5, 5.41) is 4.84. The van der Waals surface area contributed by atoms with Crippen LogP contribution in [0.1, 0.15) is 26.0 Å². The van der Waals surface area contributed by atoms with Gasteiger partial charge < -0.3 is 5.32 Å². The number of fused-ring (bicyclic) bond motifs is 1. The van der Waals surface area contributed by atoms with E-state index in [1.165, 1.54) is 29.0 Å². The van der Waals surface area contributed by atoms with E-state index in [-0.39, 0.29) is 0 Å². The van der Waals surface area contributed by atoms with Gasteiger partial charge >= 0.3 is 0 Å². The molecule has 102 valence electrons. The monoisotopic (exact) mass is 274 g/mol. The van der Waals surface area contributed by atoms with Gasteiger partial charge in [0.05, 0.1) is 5.52 Å². The molecule has 1 atom stereocenters. The number of aromatic nitrogens is 1. The lowest BCUT2D eigenvalue weighted by molar-refractivity contribution is 0.772. The highest BCUT2D eigenvalue weighted by Gasteiger charge is 2.07. The molecule has 2 aromatic rings. The van der Waals surface area contributed by atoms with E-state index in [0.717, 1.165) is 11.2 Å². The third-order valence-electron chi connectivity index (χ3n) is 3.15. The van der Waals surface area contributed by atoms with E-state index in [1.807, 2.05) is 17.8 Å². The first-order valence-electron chi connectivity index (χ1n) is 6.91. The van der Waals surface area contributed by atoms with Gasteiger partial charge in [-0.05, 0) is 43.9 Å². The summed E-state index contributed by atoms with van der Waals surface area (Å²) in [6.45, 7) is 6.51. The number of nitrogens with one attached hydrogen (secondary N) is 1. The summed E-state index contributed by atoms with van der Waals surface area (Å²) in [4.78, 5) is 4.57. The molecule has 0 bridgehead atoms. The van der Waals surface area contributed by atoms with Crippen LogP contribution in [0.4, 0.5) is 5.69 Å². The van der Waals surface area contributed by atoms with E-state index in [1.54, 1.807) is 0 Å². The zero-order valence-corrected chi connectivity index (χ0v) is 12.8. The van der Waals surface area contributed by atoms with Crippen molar-refractivity contribution < 1.29 is 0 Å². The van der Waals surface area contributed by atoms with Crippen LogP contribution in [0.25, 0.3) is 10.9 Å². The van der Waals surface area contributed by atoms with Gasteiger partial charge in [0.1, 0.15) is 0 Å². The predicted octanol–water partition coefficient (Wildman–Crippen LogP) is 4.49. The molecule has 0 fully saturated rings. The number of rotatable bonds is 6. The van der Waals surface area contributed by atoms with Crippen molar-refractivity contribution in [2.24, 2.45) is 0 Å². The van der Waals surface area contributed by atoms with Gasteiger partial charge in [-0.2, -0.15) is 11.8 Å². The number of nitrogens with zero attached hydrogens (tertiary/aromatic N) is 1. The Bertz CT molecular complexity index is 539. The largest absolute Gasteiger partial charge is 0.382 e. The highest BCUT2D eigenvalue weighted by Crippen LogP contribution is 2.24. The molecular formula is C16H22N2S. The predicted molar refractivity (Wildman–Crippen MR) is 87.2 cm³/mol. The minimum atomic E-state index is 0.490. The quantitative estimate of drug-likeness (QED) is 0.786. The van der Waals surface area contributed by atoms with Gasteiger partial charge in [-0.25, -0.2) is 0 Å². The van der Waals surface area contributed by atoms with Crippen LogP contribution in [0.5, 0.6) is 0 Å². The summed E-state index contributed by atoms with van der Waals surface area (Å²) < 4.78 is 0. The van der Waals surface area contributed by atoms with Crippen molar-refractivity contribution in [3.63, 3.8) is 0 Å². The normalized spacial score (nSPS) is 12.6.